The summed E-state index contributed by atoms with van der Waals surface area (Å²) in [5, 5.41) is 8.08. The Balaban J connectivity index is 2.30. The first kappa shape index (κ1) is 13.1. The molecule has 0 saturated carbocycles. The van der Waals surface area contributed by atoms with Crippen LogP contribution in [-0.2, 0) is 11.3 Å². The van der Waals surface area contributed by atoms with Crippen molar-refractivity contribution in [1.29, 1.82) is 0 Å². The highest BCUT2D eigenvalue weighted by Gasteiger charge is 2.22. The molecule has 0 bridgehead atoms. The monoisotopic (exact) mass is 249 g/mol. The van der Waals surface area contributed by atoms with Crippen LogP contribution in [-0.4, -0.2) is 22.9 Å². The number of rotatable bonds is 5. The van der Waals surface area contributed by atoms with E-state index in [0.717, 1.165) is 38.2 Å². The van der Waals surface area contributed by atoms with Crippen LogP contribution in [0.25, 0.3) is 0 Å². The fourth-order valence-corrected chi connectivity index (χ4v) is 2.48. The fourth-order valence-electron chi connectivity index (χ4n) is 2.48. The highest BCUT2D eigenvalue weighted by Crippen LogP contribution is 2.28. The Bertz CT molecular complexity index is 423. The maximum atomic E-state index is 5.48. The Morgan fingerprint density at radius 3 is 2.94 bits per heavy atom. The van der Waals surface area contributed by atoms with Crippen molar-refractivity contribution < 1.29 is 4.74 Å². The lowest BCUT2D eigenvalue weighted by Crippen LogP contribution is -2.26. The highest BCUT2D eigenvalue weighted by atomic mass is 16.5. The van der Waals surface area contributed by atoms with Crippen LogP contribution in [0, 0.1) is 6.92 Å². The number of likely N-dealkylation sites (N-methyl/N-ethyl adjacent to an activating group) is 1. The second-order valence-corrected chi connectivity index (χ2v) is 4.68. The number of hydrogen-bond donors (Lipinski definition) is 1. The molecule has 1 aliphatic heterocycles. The van der Waals surface area contributed by atoms with Crippen molar-refractivity contribution in [2.45, 2.75) is 46.2 Å². The summed E-state index contributed by atoms with van der Waals surface area (Å²) in [7, 11) is 0. The van der Waals surface area contributed by atoms with Crippen LogP contribution >= 0.6 is 0 Å². The minimum atomic E-state index is 0.233. The van der Waals surface area contributed by atoms with Gasteiger partial charge in [0.2, 0.25) is 0 Å². The van der Waals surface area contributed by atoms with Crippen LogP contribution in [0.15, 0.2) is 17.9 Å². The van der Waals surface area contributed by atoms with Crippen molar-refractivity contribution in [2.75, 3.05) is 13.2 Å². The Morgan fingerprint density at radius 1 is 1.50 bits per heavy atom. The van der Waals surface area contributed by atoms with E-state index in [1.54, 1.807) is 0 Å². The van der Waals surface area contributed by atoms with Crippen molar-refractivity contribution >= 4 is 0 Å². The van der Waals surface area contributed by atoms with Crippen LogP contribution in [0.3, 0.4) is 0 Å². The summed E-state index contributed by atoms with van der Waals surface area (Å²) in [4.78, 5) is 0. The zero-order chi connectivity index (χ0) is 13.0. The first-order valence-corrected chi connectivity index (χ1v) is 6.84. The van der Waals surface area contributed by atoms with Gasteiger partial charge in [0.1, 0.15) is 0 Å². The number of nitrogens with one attached hydrogen (secondary N) is 1. The number of nitrogens with zero attached hydrogens (tertiary/aromatic N) is 2. The van der Waals surface area contributed by atoms with Gasteiger partial charge in [0, 0.05) is 6.54 Å². The Hall–Kier alpha value is -1.29. The molecule has 0 saturated heterocycles. The summed E-state index contributed by atoms with van der Waals surface area (Å²) in [5.41, 5.74) is 3.65. The Labute approximate surface area is 109 Å². The van der Waals surface area contributed by atoms with E-state index in [1.807, 2.05) is 13.2 Å². The first-order chi connectivity index (χ1) is 8.76. The van der Waals surface area contributed by atoms with E-state index in [4.69, 9.17) is 4.74 Å². The summed E-state index contributed by atoms with van der Waals surface area (Å²) in [6, 6.07) is 2.41. The quantitative estimate of drug-likeness (QED) is 0.871. The second kappa shape index (κ2) is 6.05. The van der Waals surface area contributed by atoms with Crippen LogP contribution in [0.4, 0.5) is 0 Å². The van der Waals surface area contributed by atoms with E-state index in [1.165, 1.54) is 11.3 Å². The van der Waals surface area contributed by atoms with E-state index < -0.39 is 0 Å². The molecule has 1 aromatic heterocycles. The van der Waals surface area contributed by atoms with Gasteiger partial charge in [0.25, 0.3) is 0 Å². The largest absolute Gasteiger partial charge is 0.501 e. The topological polar surface area (TPSA) is 39.1 Å². The molecular weight excluding hydrogens is 226 g/mol. The minimum absolute atomic E-state index is 0.233. The molecule has 2 heterocycles. The predicted octanol–water partition coefficient (Wildman–Crippen LogP) is 2.56. The van der Waals surface area contributed by atoms with Gasteiger partial charge in [0.15, 0.2) is 0 Å². The number of aromatic nitrogens is 2. The predicted molar refractivity (Wildman–Crippen MR) is 72.3 cm³/mol. The fraction of sp³-hybridized carbons (Fsp3) is 0.643. The minimum Gasteiger partial charge on any atom is -0.501 e. The molecule has 1 atom stereocenters. The van der Waals surface area contributed by atoms with Gasteiger partial charge >= 0.3 is 0 Å². The Morgan fingerprint density at radius 2 is 2.33 bits per heavy atom. The third-order valence-electron chi connectivity index (χ3n) is 3.27. The molecule has 0 aromatic carbocycles. The molecule has 1 unspecified atom stereocenters. The third kappa shape index (κ3) is 2.75. The molecular formula is C14H23N3O. The lowest BCUT2D eigenvalue weighted by molar-refractivity contribution is 0.219. The average molecular weight is 249 g/mol. The van der Waals surface area contributed by atoms with Gasteiger partial charge in [-0.15, -0.1) is 0 Å². The molecule has 1 aromatic rings. The van der Waals surface area contributed by atoms with Gasteiger partial charge in [-0.25, -0.2) is 0 Å². The van der Waals surface area contributed by atoms with Gasteiger partial charge in [-0.05, 0) is 44.9 Å². The third-order valence-corrected chi connectivity index (χ3v) is 3.27. The SMILES string of the molecule is CCNC(C1=COCCC1)c1cc(C)nn1CC. The molecule has 0 fully saturated rings. The van der Waals surface area contributed by atoms with Crippen LogP contribution in [0.2, 0.25) is 0 Å². The van der Waals surface area contributed by atoms with Crippen molar-refractivity contribution in [3.05, 3.63) is 29.3 Å². The first-order valence-electron chi connectivity index (χ1n) is 6.84. The van der Waals surface area contributed by atoms with Gasteiger partial charge in [-0.3, -0.25) is 4.68 Å². The lowest BCUT2D eigenvalue weighted by atomic mass is 9.99. The van der Waals surface area contributed by atoms with E-state index in [0.29, 0.717) is 0 Å². The average Bonchev–Trinajstić information content (AvgIpc) is 2.78. The zero-order valence-electron chi connectivity index (χ0n) is 11.6. The smallest absolute Gasteiger partial charge is 0.0876 e. The maximum absolute atomic E-state index is 5.48. The standard InChI is InChI=1S/C14H23N3O/c1-4-15-14(12-7-6-8-18-10-12)13-9-11(3)16-17(13)5-2/h9-10,14-15H,4-8H2,1-3H3. The maximum Gasteiger partial charge on any atom is 0.0876 e. The summed E-state index contributed by atoms with van der Waals surface area (Å²) >= 11 is 0. The molecule has 0 radical (unpaired) electrons. The van der Waals surface area contributed by atoms with Gasteiger partial charge in [0.05, 0.1) is 30.3 Å². The number of aryl methyl sites for hydroxylation is 2. The molecule has 2 rings (SSSR count). The summed E-state index contributed by atoms with van der Waals surface area (Å²) in [6.45, 7) is 9.00. The van der Waals surface area contributed by atoms with Crippen molar-refractivity contribution in [3.8, 4) is 0 Å². The van der Waals surface area contributed by atoms with Gasteiger partial charge < -0.3 is 10.1 Å². The highest BCUT2D eigenvalue weighted by molar-refractivity contribution is 5.24. The van der Waals surface area contributed by atoms with E-state index in [2.05, 4.69) is 35.0 Å². The Kier molecular flexibility index (Phi) is 4.42. The molecule has 0 amide bonds. The van der Waals surface area contributed by atoms with Gasteiger partial charge in [-0.2, -0.15) is 5.10 Å². The van der Waals surface area contributed by atoms with E-state index in [-0.39, 0.29) is 6.04 Å². The molecule has 0 aliphatic carbocycles. The van der Waals surface area contributed by atoms with Crippen molar-refractivity contribution in [3.63, 3.8) is 0 Å². The second-order valence-electron chi connectivity index (χ2n) is 4.68. The van der Waals surface area contributed by atoms with E-state index in [9.17, 15) is 0 Å². The summed E-state index contributed by atoms with van der Waals surface area (Å²) < 4.78 is 7.56. The molecule has 100 valence electrons. The molecule has 0 spiro atoms. The lowest BCUT2D eigenvalue weighted by Gasteiger charge is -2.24. The molecule has 1 N–H and O–H groups in total. The molecule has 4 nitrogen and oxygen atoms in total. The summed E-state index contributed by atoms with van der Waals surface area (Å²) in [5.74, 6) is 0. The van der Waals surface area contributed by atoms with Crippen molar-refractivity contribution in [1.82, 2.24) is 15.1 Å². The number of hydrogen-bond acceptors (Lipinski definition) is 3. The van der Waals surface area contributed by atoms with Crippen LogP contribution in [0.1, 0.15) is 44.1 Å². The number of ether oxygens (including phenoxy) is 1. The van der Waals surface area contributed by atoms with Crippen LogP contribution in [0.5, 0.6) is 0 Å². The van der Waals surface area contributed by atoms with Gasteiger partial charge in [-0.1, -0.05) is 6.92 Å². The summed E-state index contributed by atoms with van der Waals surface area (Å²) in [6.07, 6.45) is 4.14. The van der Waals surface area contributed by atoms with Crippen LogP contribution < -0.4 is 5.32 Å². The normalized spacial score (nSPS) is 17.2. The molecule has 18 heavy (non-hydrogen) atoms. The molecule has 1 aliphatic rings. The van der Waals surface area contributed by atoms with E-state index >= 15 is 0 Å². The molecule has 4 heteroatoms. The van der Waals surface area contributed by atoms with Crippen molar-refractivity contribution in [2.24, 2.45) is 0 Å². The zero-order valence-corrected chi connectivity index (χ0v) is 11.6.